The molecule has 1 atom stereocenters. The highest BCUT2D eigenvalue weighted by Gasteiger charge is 2.32. The van der Waals surface area contributed by atoms with Crippen molar-refractivity contribution in [3.05, 3.63) is 17.7 Å². The van der Waals surface area contributed by atoms with Crippen LogP contribution in [0.1, 0.15) is 55.6 Å². The van der Waals surface area contributed by atoms with Crippen molar-refractivity contribution >= 4 is 5.97 Å². The van der Waals surface area contributed by atoms with Crippen molar-refractivity contribution in [1.82, 2.24) is 9.55 Å². The number of rotatable bonds is 2. The summed E-state index contributed by atoms with van der Waals surface area (Å²) in [7, 11) is 0. The molecule has 16 heavy (non-hydrogen) atoms. The minimum atomic E-state index is -0.709. The van der Waals surface area contributed by atoms with Crippen molar-refractivity contribution in [1.29, 1.82) is 0 Å². The van der Waals surface area contributed by atoms with Gasteiger partial charge in [0.1, 0.15) is 11.9 Å². The summed E-state index contributed by atoms with van der Waals surface area (Å²) in [5.41, 5.74) is 1.11. The van der Waals surface area contributed by atoms with Crippen molar-refractivity contribution in [3.63, 3.8) is 0 Å². The van der Waals surface area contributed by atoms with Gasteiger partial charge < -0.3 is 9.67 Å². The number of fused-ring (bicyclic) bond motifs is 1. The van der Waals surface area contributed by atoms with E-state index in [-0.39, 0.29) is 6.04 Å². The quantitative estimate of drug-likeness (QED) is 0.830. The summed E-state index contributed by atoms with van der Waals surface area (Å²) < 4.78 is 2.00. The third-order valence-electron chi connectivity index (χ3n) is 3.88. The Hall–Kier alpha value is -1.32. The van der Waals surface area contributed by atoms with Crippen LogP contribution < -0.4 is 0 Å². The van der Waals surface area contributed by atoms with E-state index in [2.05, 4.69) is 4.98 Å². The van der Waals surface area contributed by atoms with Crippen molar-refractivity contribution in [2.75, 3.05) is 0 Å². The Bertz CT molecular complexity index is 421. The van der Waals surface area contributed by atoms with Crippen molar-refractivity contribution in [3.8, 4) is 0 Å². The molecule has 1 N–H and O–H groups in total. The molecular weight excluding hydrogens is 204 g/mol. The number of aliphatic carboxylic acids is 1. The summed E-state index contributed by atoms with van der Waals surface area (Å²) in [5, 5.41) is 9.25. The fourth-order valence-corrected chi connectivity index (χ4v) is 2.77. The Morgan fingerprint density at radius 3 is 2.81 bits per heavy atom. The van der Waals surface area contributed by atoms with Gasteiger partial charge in [0.2, 0.25) is 0 Å². The molecule has 3 rings (SSSR count). The molecule has 4 nitrogen and oxygen atoms in total. The molecule has 0 amide bonds. The number of carbonyl (C=O) groups is 1. The first kappa shape index (κ1) is 9.87. The minimum absolute atomic E-state index is 0.373. The average Bonchev–Trinajstić information content (AvgIpc) is 2.59. The molecule has 86 valence electrons. The van der Waals surface area contributed by atoms with Gasteiger partial charge in [-0.15, -0.1) is 0 Å². The van der Waals surface area contributed by atoms with Gasteiger partial charge in [0.05, 0.1) is 0 Å². The molecule has 1 aliphatic heterocycles. The largest absolute Gasteiger partial charge is 0.480 e. The predicted octanol–water partition coefficient (Wildman–Crippen LogP) is 2.11. The summed E-state index contributed by atoms with van der Waals surface area (Å²) >= 11 is 0. The van der Waals surface area contributed by atoms with E-state index in [0.29, 0.717) is 5.92 Å². The topological polar surface area (TPSA) is 55.1 Å². The minimum Gasteiger partial charge on any atom is -0.480 e. The Kier molecular flexibility index (Phi) is 2.23. The van der Waals surface area contributed by atoms with Crippen LogP contribution in [0.15, 0.2) is 6.20 Å². The second-order valence-corrected chi connectivity index (χ2v) is 4.85. The summed E-state index contributed by atoms with van der Waals surface area (Å²) in [4.78, 5) is 15.7. The van der Waals surface area contributed by atoms with Crippen LogP contribution in [0.2, 0.25) is 0 Å². The van der Waals surface area contributed by atoms with E-state index in [1.165, 1.54) is 19.3 Å². The number of carboxylic acid groups (broad SMARTS) is 1. The molecule has 2 aliphatic rings. The first-order chi connectivity index (χ1) is 7.77. The molecule has 2 heterocycles. The van der Waals surface area contributed by atoms with Crippen LogP contribution in [0.3, 0.4) is 0 Å². The van der Waals surface area contributed by atoms with Crippen molar-refractivity contribution < 1.29 is 9.90 Å². The van der Waals surface area contributed by atoms with Crippen LogP contribution in [0.4, 0.5) is 0 Å². The standard InChI is InChI=1S/C12H16N2O2/c15-12(16)10-6-2-5-9-7-13-11(14(9)10)8-3-1-4-8/h7-8,10H,1-6H2,(H,15,16). The number of carboxylic acids is 1. The van der Waals surface area contributed by atoms with Crippen LogP contribution in [0.5, 0.6) is 0 Å². The highest BCUT2D eigenvalue weighted by Crippen LogP contribution is 2.39. The molecular formula is C12H16N2O2. The fourth-order valence-electron chi connectivity index (χ4n) is 2.77. The third kappa shape index (κ3) is 1.36. The van der Waals surface area contributed by atoms with E-state index in [0.717, 1.165) is 30.8 Å². The molecule has 0 aromatic carbocycles. The van der Waals surface area contributed by atoms with E-state index in [9.17, 15) is 9.90 Å². The number of hydrogen-bond acceptors (Lipinski definition) is 2. The molecule has 0 radical (unpaired) electrons. The van der Waals surface area contributed by atoms with Gasteiger partial charge in [0, 0.05) is 17.8 Å². The van der Waals surface area contributed by atoms with E-state index in [1.807, 2.05) is 10.8 Å². The van der Waals surface area contributed by atoms with Gasteiger partial charge in [-0.3, -0.25) is 0 Å². The number of aromatic nitrogens is 2. The van der Waals surface area contributed by atoms with E-state index >= 15 is 0 Å². The second kappa shape index (κ2) is 3.61. The van der Waals surface area contributed by atoms with Gasteiger partial charge in [-0.1, -0.05) is 6.42 Å². The predicted molar refractivity (Wildman–Crippen MR) is 58.4 cm³/mol. The van der Waals surface area contributed by atoms with Gasteiger partial charge in [-0.05, 0) is 32.1 Å². The van der Waals surface area contributed by atoms with Crippen molar-refractivity contribution in [2.45, 2.75) is 50.5 Å². The van der Waals surface area contributed by atoms with E-state index in [4.69, 9.17) is 0 Å². The lowest BCUT2D eigenvalue weighted by Gasteiger charge is -2.30. The molecule has 1 saturated carbocycles. The lowest BCUT2D eigenvalue weighted by Crippen LogP contribution is -2.28. The molecule has 1 aromatic heterocycles. The molecule has 1 fully saturated rings. The zero-order valence-electron chi connectivity index (χ0n) is 9.22. The molecule has 0 spiro atoms. The normalized spacial score (nSPS) is 24.9. The van der Waals surface area contributed by atoms with Gasteiger partial charge in [0.25, 0.3) is 0 Å². The Morgan fingerprint density at radius 1 is 1.38 bits per heavy atom. The van der Waals surface area contributed by atoms with E-state index in [1.54, 1.807) is 0 Å². The molecule has 1 unspecified atom stereocenters. The Labute approximate surface area is 94.3 Å². The van der Waals surface area contributed by atoms with Crippen LogP contribution >= 0.6 is 0 Å². The molecule has 0 saturated heterocycles. The maximum Gasteiger partial charge on any atom is 0.326 e. The summed E-state index contributed by atoms with van der Waals surface area (Å²) in [6, 6.07) is -0.373. The van der Waals surface area contributed by atoms with Gasteiger partial charge >= 0.3 is 5.97 Å². The zero-order chi connectivity index (χ0) is 11.1. The average molecular weight is 220 g/mol. The van der Waals surface area contributed by atoms with Crippen LogP contribution in [0, 0.1) is 0 Å². The molecule has 1 aromatic rings. The maximum absolute atomic E-state index is 11.2. The lowest BCUT2D eigenvalue weighted by molar-refractivity contribution is -0.141. The van der Waals surface area contributed by atoms with Gasteiger partial charge in [-0.2, -0.15) is 0 Å². The Morgan fingerprint density at radius 2 is 2.19 bits per heavy atom. The van der Waals surface area contributed by atoms with Crippen LogP contribution in [0.25, 0.3) is 0 Å². The van der Waals surface area contributed by atoms with Gasteiger partial charge in [0.15, 0.2) is 0 Å². The summed E-state index contributed by atoms with van der Waals surface area (Å²) in [6.07, 6.45) is 8.16. The first-order valence-electron chi connectivity index (χ1n) is 6.06. The van der Waals surface area contributed by atoms with Crippen LogP contribution in [-0.4, -0.2) is 20.6 Å². The zero-order valence-corrected chi connectivity index (χ0v) is 9.22. The molecule has 4 heteroatoms. The number of aryl methyl sites for hydroxylation is 1. The number of nitrogens with zero attached hydrogens (tertiary/aromatic N) is 2. The lowest BCUT2D eigenvalue weighted by atomic mass is 9.84. The van der Waals surface area contributed by atoms with Crippen molar-refractivity contribution in [2.24, 2.45) is 0 Å². The van der Waals surface area contributed by atoms with Crippen LogP contribution in [-0.2, 0) is 11.2 Å². The molecule has 1 aliphatic carbocycles. The monoisotopic (exact) mass is 220 g/mol. The SMILES string of the molecule is O=C(O)C1CCCc2cnc(C3CCC3)n21. The Balaban J connectivity index is 2.01. The summed E-state index contributed by atoms with van der Waals surface area (Å²) in [5.74, 6) is 0.821. The highest BCUT2D eigenvalue weighted by molar-refractivity contribution is 5.72. The first-order valence-corrected chi connectivity index (χ1v) is 6.06. The van der Waals surface area contributed by atoms with Gasteiger partial charge in [-0.25, -0.2) is 9.78 Å². The maximum atomic E-state index is 11.2. The summed E-state index contributed by atoms with van der Waals surface area (Å²) in [6.45, 7) is 0. The van der Waals surface area contributed by atoms with E-state index < -0.39 is 5.97 Å². The second-order valence-electron chi connectivity index (χ2n) is 4.85. The fraction of sp³-hybridized carbons (Fsp3) is 0.667. The highest BCUT2D eigenvalue weighted by atomic mass is 16.4. The number of imidazole rings is 1. The third-order valence-corrected chi connectivity index (χ3v) is 3.88. The number of hydrogen-bond donors (Lipinski definition) is 1. The smallest absolute Gasteiger partial charge is 0.326 e. The molecule has 0 bridgehead atoms.